The number of nitrogens with one attached hydrogen (secondary N) is 2. The Morgan fingerprint density at radius 1 is 0.362 bits per heavy atom. The average molecular weight is 1920 g/mol. The number of amides is 4. The molecule has 20 rings (SSSR count). The number of carbonyl (C=O) groups is 4. The molecule has 6 aliphatic rings. The summed E-state index contributed by atoms with van der Waals surface area (Å²) < 4.78 is 12.4. The molecule has 6 saturated heterocycles. The molecule has 27 heteroatoms. The molecule has 138 heavy (non-hydrogen) atoms. The zero-order valence-electron chi connectivity index (χ0n) is 79.5. The maximum Gasteiger partial charge on any atom is 0.413 e. The normalized spacial score (nSPS) is 16.4. The molecule has 24 nitrogen and oxygen atoms in total. The molecule has 4 N–H and O–H groups in total. The van der Waals surface area contributed by atoms with Crippen LogP contribution in [-0.2, 0) is 70.8 Å². The van der Waals surface area contributed by atoms with Crippen LogP contribution in [0, 0.1) is 17.8 Å². The van der Waals surface area contributed by atoms with Gasteiger partial charge in [-0.3, -0.25) is 54.3 Å². The number of anilines is 3. The second-order valence-corrected chi connectivity index (χ2v) is 38.6. The minimum atomic E-state index is -0.567. The number of rotatable bonds is 23. The van der Waals surface area contributed by atoms with Crippen LogP contribution in [0.4, 0.5) is 22.2 Å². The van der Waals surface area contributed by atoms with E-state index < -0.39 is 11.7 Å². The Morgan fingerprint density at radius 3 is 1.03 bits per heavy atom. The number of para-hydroxylation sites is 3. The summed E-state index contributed by atoms with van der Waals surface area (Å²) in [7, 11) is 0. The molecule has 0 saturated carbocycles. The number of fused-ring (bicyclic) bond motifs is 3. The number of aromatic nitrogens is 10. The van der Waals surface area contributed by atoms with Crippen LogP contribution in [0.1, 0.15) is 177 Å². The lowest BCUT2D eigenvalue weighted by Crippen LogP contribution is -2.45. The van der Waals surface area contributed by atoms with Gasteiger partial charge in [0.05, 0.1) is 0 Å². The molecule has 6 aliphatic heterocycles. The molecule has 0 atom stereocenters. The number of benzene rings is 4. The number of hydrogen-bond acceptors (Lipinski definition) is 17. The van der Waals surface area contributed by atoms with Gasteiger partial charge in [0.15, 0.2) is 0 Å². The number of alkyl halides is 1. The van der Waals surface area contributed by atoms with Gasteiger partial charge in [-0.15, -0.1) is 36.4 Å². The average Bonchev–Trinajstić information content (AvgIpc) is 1.64. The summed E-state index contributed by atoms with van der Waals surface area (Å²) in [4.78, 5) is 96.3. The molecule has 4 amide bonds. The second-order valence-electron chi connectivity index (χ2n) is 38.4. The van der Waals surface area contributed by atoms with Crippen molar-refractivity contribution in [3.63, 3.8) is 0 Å². The first-order chi connectivity index (χ1) is 66.5. The van der Waals surface area contributed by atoms with Gasteiger partial charge >= 0.3 is 6.09 Å². The van der Waals surface area contributed by atoms with Gasteiger partial charge in [-0.25, -0.2) is 19.7 Å². The van der Waals surface area contributed by atoms with Crippen molar-refractivity contribution in [3.05, 3.63) is 336 Å². The van der Waals surface area contributed by atoms with Crippen molar-refractivity contribution in [2.24, 2.45) is 17.8 Å². The standard InChI is InChI=1S/C37H41N7O.C36H44N6O3.C31H36N6O.C7H7Cl.2ClH/c45-37(32-10-17-42(18-11-32)25-28-9-16-40-36(21-28)41-24-29-5-3-14-38-22-29)43-19-12-31(13-20-43)34-27-44(26-30-6-4-15-39-23-30)35-8-2-1-7-33(34)35;1-36(2,3)45-35(44)39-33-21-26(10-16-38-33)23-40-17-11-29(12-18-40)34(43)41-19-13-28(14-20-41)31-25-42(24-27-7-6-15-37-22-27)32-9-5-4-8-30(31)32;32-30-18-23(7-13-34-30)20-35-14-8-26(9-15-35)31(38)36-16-10-25(11-17-36)28-22-37(21-24-4-3-12-33-19-24)29-6-2-1-5-27(28)29;8-6-7-4-2-1-3-5-7;;/h1-9,14-16,21-23,27,31-32H,10-13,17-20,24-26H2,(H,40,41);4-10,15-16,21-22,25,28-29H,11-14,17-20,23-24H2,1-3H3,(H,38,39,44);1-7,12-13,18-19,22,25-26H,8-11,14-17,20-21H2,(H2,32,34);1-5H,6H2;2*1H. The van der Waals surface area contributed by atoms with Crippen LogP contribution in [0.2, 0.25) is 0 Å². The maximum absolute atomic E-state index is 13.6. The lowest BCUT2D eigenvalue weighted by atomic mass is 9.88. The van der Waals surface area contributed by atoms with Crippen molar-refractivity contribution in [1.82, 2.24) is 78.0 Å². The van der Waals surface area contributed by atoms with E-state index in [1.165, 1.54) is 82.8 Å². The fourth-order valence-electron chi connectivity index (χ4n) is 20.6. The monoisotopic (exact) mass is 1910 g/mol. The molecule has 0 spiro atoms. The van der Waals surface area contributed by atoms with Crippen molar-refractivity contribution >= 4 is 110 Å². The number of nitrogens with zero attached hydrogens (tertiary/aromatic N) is 16. The molecule has 4 aromatic carbocycles. The third-order valence-corrected chi connectivity index (χ3v) is 28.1. The summed E-state index contributed by atoms with van der Waals surface area (Å²) in [5.74, 6) is 5.33. The van der Waals surface area contributed by atoms with Crippen LogP contribution >= 0.6 is 36.4 Å². The quantitative estimate of drug-likeness (QED) is 0.0503. The molecule has 0 bridgehead atoms. The summed E-state index contributed by atoms with van der Waals surface area (Å²) in [5.41, 5.74) is 22.7. The number of halogens is 3. The number of hydrogen-bond donors (Lipinski definition) is 3. The second kappa shape index (κ2) is 48.7. The highest BCUT2D eigenvalue weighted by Crippen LogP contribution is 2.41. The topological polar surface area (TPSA) is 252 Å². The fourth-order valence-corrected chi connectivity index (χ4v) is 20.8. The van der Waals surface area contributed by atoms with E-state index in [1.807, 2.05) is 149 Å². The van der Waals surface area contributed by atoms with E-state index in [-0.39, 0.29) is 42.6 Å². The molecule has 0 unspecified atom stereocenters. The van der Waals surface area contributed by atoms with E-state index in [0.29, 0.717) is 59.5 Å². The van der Waals surface area contributed by atoms with Crippen molar-refractivity contribution in [3.8, 4) is 0 Å². The number of nitrogens with two attached hydrogens (primary N) is 1. The molecule has 14 aromatic rings. The molecule has 0 radical (unpaired) electrons. The molecule has 0 aliphatic carbocycles. The predicted octanol–water partition coefficient (Wildman–Crippen LogP) is 20.5. The highest BCUT2D eigenvalue weighted by atomic mass is 35.5. The third kappa shape index (κ3) is 26.9. The molecule has 16 heterocycles. The molecule has 720 valence electrons. The summed E-state index contributed by atoms with van der Waals surface area (Å²) in [6, 6.07) is 64.5. The number of likely N-dealkylation sites (tertiary alicyclic amines) is 6. The maximum atomic E-state index is 13.6. The van der Waals surface area contributed by atoms with Crippen molar-refractivity contribution in [2.75, 3.05) is 94.9 Å². The largest absolute Gasteiger partial charge is 0.444 e. The van der Waals surface area contributed by atoms with E-state index in [2.05, 4.69) is 216 Å². The van der Waals surface area contributed by atoms with Crippen LogP contribution in [0.5, 0.6) is 0 Å². The van der Waals surface area contributed by atoms with Gasteiger partial charge in [0.1, 0.15) is 23.1 Å². The van der Waals surface area contributed by atoms with Gasteiger partial charge < -0.3 is 44.2 Å². The first-order valence-corrected chi connectivity index (χ1v) is 49.3. The minimum absolute atomic E-state index is 0. The summed E-state index contributed by atoms with van der Waals surface area (Å²) >= 11 is 5.53. The number of carbonyl (C=O) groups excluding carboxylic acids is 4. The van der Waals surface area contributed by atoms with Gasteiger partial charge in [-0.2, -0.15) is 0 Å². The van der Waals surface area contributed by atoms with Crippen LogP contribution in [0.25, 0.3) is 32.7 Å². The lowest BCUT2D eigenvalue weighted by molar-refractivity contribution is -0.139. The first kappa shape index (κ1) is 100. The Kier molecular flexibility index (Phi) is 35.3. The first-order valence-electron chi connectivity index (χ1n) is 48.7. The van der Waals surface area contributed by atoms with Crippen molar-refractivity contribution in [2.45, 2.75) is 173 Å². The summed E-state index contributed by atoms with van der Waals surface area (Å²) in [6.45, 7) is 21.7. The van der Waals surface area contributed by atoms with E-state index >= 15 is 0 Å². The Bertz CT molecular complexity index is 6220. The van der Waals surface area contributed by atoms with Crippen molar-refractivity contribution < 1.29 is 23.9 Å². The molecule has 6 fully saturated rings. The minimum Gasteiger partial charge on any atom is -0.444 e. The van der Waals surface area contributed by atoms with Crippen LogP contribution in [0.3, 0.4) is 0 Å². The van der Waals surface area contributed by atoms with E-state index in [1.54, 1.807) is 18.6 Å². The lowest BCUT2D eigenvalue weighted by Gasteiger charge is -2.37. The number of ether oxygens (including phenoxy) is 1. The Balaban J connectivity index is 0.000000150. The summed E-state index contributed by atoms with van der Waals surface area (Å²) in [5, 5.41) is 10.1. The highest BCUT2D eigenvalue weighted by Gasteiger charge is 2.37. The van der Waals surface area contributed by atoms with E-state index in [0.717, 1.165) is 212 Å². The SMILES string of the molecule is CC(C)(C)OC(=O)Nc1cc(CN2CCC(C(=O)N3CCC(c4cn(Cc5cccnc5)c5ccccc45)CC3)CC2)ccn1.Cl.Cl.ClCc1ccccc1.Nc1cc(CN2CCC(C(=O)N3CCC(c4cn(Cc5cccnc5)c5ccccc45)CC3)CC2)ccn1.O=C(C1CCN(Cc2ccnc(NCc3cccnc3)c2)CC1)N1CCC(c2cn(Cc3cccnc3)c3ccccc23)CC1. The Morgan fingerprint density at radius 2 is 0.688 bits per heavy atom. The Hall–Kier alpha value is -12.4. The van der Waals surface area contributed by atoms with Crippen LogP contribution in [-0.4, -0.2) is 186 Å². The van der Waals surface area contributed by atoms with Gasteiger partial charge in [0.2, 0.25) is 17.7 Å². The molecular formula is C111H130Cl3N19O5. The zero-order valence-corrected chi connectivity index (χ0v) is 81.9. The number of pyridine rings is 7. The van der Waals surface area contributed by atoms with Gasteiger partial charge in [-0.05, 0) is 295 Å². The molecular weight excluding hydrogens is 1790 g/mol. The smallest absolute Gasteiger partial charge is 0.413 e. The highest BCUT2D eigenvalue weighted by molar-refractivity contribution is 6.17. The van der Waals surface area contributed by atoms with Gasteiger partial charge in [0.25, 0.3) is 0 Å². The van der Waals surface area contributed by atoms with Gasteiger partial charge in [0, 0.05) is 228 Å². The van der Waals surface area contributed by atoms with Crippen LogP contribution < -0.4 is 16.4 Å². The van der Waals surface area contributed by atoms with E-state index in [4.69, 9.17) is 22.1 Å². The van der Waals surface area contributed by atoms with E-state index in [9.17, 15) is 19.2 Å². The predicted molar refractivity (Wildman–Crippen MR) is 555 cm³/mol. The third-order valence-electron chi connectivity index (χ3n) is 27.8. The number of nitrogen functional groups attached to an aromatic ring is 1. The molecule has 10 aromatic heterocycles. The number of piperidine rings is 6. The van der Waals surface area contributed by atoms with Crippen molar-refractivity contribution in [1.29, 1.82) is 0 Å². The fraction of sp³-hybridized carbons (Fsp3) is 0.378. The summed E-state index contributed by atoms with van der Waals surface area (Å²) in [6.07, 6.45) is 38.3. The van der Waals surface area contributed by atoms with Crippen LogP contribution in [0.15, 0.2) is 275 Å². The Labute approximate surface area is 828 Å². The zero-order chi connectivity index (χ0) is 93.5. The van der Waals surface area contributed by atoms with Gasteiger partial charge in [-0.1, -0.05) is 109 Å².